The van der Waals surface area contributed by atoms with E-state index in [2.05, 4.69) is 57.2 Å². The van der Waals surface area contributed by atoms with Gasteiger partial charge in [-0.3, -0.25) is 4.79 Å². The van der Waals surface area contributed by atoms with Crippen molar-refractivity contribution in [1.29, 1.82) is 0 Å². The number of aldehydes is 1. The average Bonchev–Trinajstić information content (AvgIpc) is 2.73. The van der Waals surface area contributed by atoms with E-state index in [1.54, 1.807) is 0 Å². The minimum absolute atomic E-state index is 0. The fraction of sp³-hybridized carbons (Fsp3) is 0.857. The van der Waals surface area contributed by atoms with E-state index in [0.717, 1.165) is 51.7 Å². The first-order chi connectivity index (χ1) is 15.6. The van der Waals surface area contributed by atoms with Crippen molar-refractivity contribution in [2.24, 2.45) is 17.6 Å². The number of primary amides is 1. The van der Waals surface area contributed by atoms with Gasteiger partial charge in [-0.05, 0) is 65.6 Å². The molecule has 4 N–H and O–H groups in total. The van der Waals surface area contributed by atoms with Crippen LogP contribution in [0.3, 0.4) is 0 Å². The van der Waals surface area contributed by atoms with Gasteiger partial charge in [-0.2, -0.15) is 20.4 Å². The second-order valence-electron chi connectivity index (χ2n) is 8.04. The number of carbonyl (C=O) groups is 2. The van der Waals surface area contributed by atoms with Gasteiger partial charge in [0.15, 0.2) is 0 Å². The zero-order chi connectivity index (χ0) is 27.1. The summed E-state index contributed by atoms with van der Waals surface area (Å²) in [4.78, 5) is 22.2. The van der Waals surface area contributed by atoms with Crippen molar-refractivity contribution < 1.29 is 80.1 Å². The largest absolute Gasteiger partial charge is 0.662 e. The van der Waals surface area contributed by atoms with Crippen LogP contribution in [0.2, 0.25) is 0 Å². The molecule has 0 saturated heterocycles. The van der Waals surface area contributed by atoms with Gasteiger partial charge in [0.1, 0.15) is 0 Å². The van der Waals surface area contributed by atoms with Gasteiger partial charge in [0.05, 0.1) is 0 Å². The van der Waals surface area contributed by atoms with Crippen LogP contribution in [0.5, 0.6) is 0 Å². The normalized spacial score (nSPS) is 10.1. The topological polar surface area (TPSA) is 110 Å². The van der Waals surface area contributed by atoms with Crippen molar-refractivity contribution >= 4 is 12.2 Å². The molecule has 0 bridgehead atoms. The molecule has 0 aromatic rings. The third kappa shape index (κ3) is 67.1. The first-order valence-corrected chi connectivity index (χ1v) is 12.4. The van der Waals surface area contributed by atoms with Gasteiger partial charge in [0, 0.05) is 84.0 Å². The molecule has 2 atom stereocenters. The Morgan fingerprint density at radius 3 is 1.70 bits per heavy atom. The number of nitrogens with one attached hydrogen (secondary N) is 1. The molecule has 2 radical (unpaired) electrons. The molecule has 0 aromatic carbocycles. The fourth-order valence-corrected chi connectivity index (χ4v) is 2.48. The van der Waals surface area contributed by atoms with Crippen LogP contribution in [-0.4, -0.2) is 75.6 Å². The summed E-state index contributed by atoms with van der Waals surface area (Å²) in [5, 5.41) is 15.4. The Labute approximate surface area is 285 Å². The third-order valence-corrected chi connectivity index (χ3v) is 4.37. The Kier molecular flexibility index (Phi) is 95.5. The average molecular weight is 686 g/mol. The van der Waals surface area contributed by atoms with Gasteiger partial charge in [0.2, 0.25) is 5.91 Å². The number of nitrogens with zero attached hydrogens (tertiary/aromatic N) is 2. The zero-order valence-corrected chi connectivity index (χ0v) is 30.5. The molecule has 0 heterocycles. The van der Waals surface area contributed by atoms with Crippen molar-refractivity contribution in [3.05, 3.63) is 18.7 Å². The predicted molar refractivity (Wildman–Crippen MR) is 160 cm³/mol. The van der Waals surface area contributed by atoms with Crippen LogP contribution >= 0.6 is 0 Å². The van der Waals surface area contributed by atoms with Crippen LogP contribution in [0.4, 0.5) is 0 Å². The van der Waals surface area contributed by atoms with Crippen molar-refractivity contribution in [3.63, 3.8) is 0 Å². The smallest absolute Gasteiger partial charge is 0.220 e. The zero-order valence-electron chi connectivity index (χ0n) is 24.8. The molecule has 7 nitrogen and oxygen atoms in total. The SMILES string of the molecule is C.C.CC(C)CCO.CC[N-]CCC(CC)N(C)CCC(CC)C(N)=O.CNC.C[CH-]C.[CH2-]C=O.[Y].[Y]. The molecule has 1 amide bonds. The first kappa shape index (κ1) is 61.9. The van der Waals surface area contributed by atoms with Crippen molar-refractivity contribution in [1.82, 2.24) is 10.2 Å². The molecule has 0 saturated carbocycles. The van der Waals surface area contributed by atoms with Crippen LogP contribution < -0.4 is 11.1 Å². The minimum atomic E-state index is -0.167. The molecule has 2 unspecified atom stereocenters. The Bertz CT molecular complexity index is 366. The number of aliphatic hydroxyl groups excluding tert-OH is 1. The first-order valence-electron chi connectivity index (χ1n) is 12.4. The summed E-state index contributed by atoms with van der Waals surface area (Å²) in [5.41, 5.74) is 5.37. The third-order valence-electron chi connectivity index (χ3n) is 4.37. The molecule has 37 heavy (non-hydrogen) atoms. The summed E-state index contributed by atoms with van der Waals surface area (Å²) in [6.45, 7) is 20.4. The van der Waals surface area contributed by atoms with E-state index in [9.17, 15) is 4.79 Å². The molecule has 0 aliphatic carbocycles. The predicted octanol–water partition coefficient (Wildman–Crippen LogP) is 5.76. The second-order valence-corrected chi connectivity index (χ2v) is 8.04. The van der Waals surface area contributed by atoms with Crippen LogP contribution in [0, 0.1) is 25.2 Å². The maximum Gasteiger partial charge on any atom is 0.220 e. The maximum absolute atomic E-state index is 11.2. The number of amides is 1. The molecule has 9 heteroatoms. The Hall–Kier alpha value is 1.06. The molecule has 0 spiro atoms. The van der Waals surface area contributed by atoms with E-state index < -0.39 is 0 Å². The number of hydrogen-bond acceptors (Lipinski definition) is 5. The van der Waals surface area contributed by atoms with Crippen molar-refractivity contribution in [3.8, 4) is 0 Å². The van der Waals surface area contributed by atoms with E-state index in [4.69, 9.17) is 15.6 Å². The molecule has 0 fully saturated rings. The summed E-state index contributed by atoms with van der Waals surface area (Å²) < 4.78 is 0. The number of hydrogen-bond donors (Lipinski definition) is 3. The van der Waals surface area contributed by atoms with Gasteiger partial charge in [-0.25, -0.2) is 0 Å². The van der Waals surface area contributed by atoms with Gasteiger partial charge in [-0.15, -0.1) is 6.54 Å². The second kappa shape index (κ2) is 57.1. The minimum Gasteiger partial charge on any atom is -0.662 e. The summed E-state index contributed by atoms with van der Waals surface area (Å²) >= 11 is 0. The molecule has 0 aliphatic heterocycles. The van der Waals surface area contributed by atoms with E-state index in [1.165, 1.54) is 0 Å². The monoisotopic (exact) mass is 685 g/mol. The van der Waals surface area contributed by atoms with Crippen LogP contribution in [0.1, 0.15) is 95.4 Å². The summed E-state index contributed by atoms with van der Waals surface area (Å²) in [6, 6.07) is 0.561. The molecule has 0 aromatic heterocycles. The number of aliphatic hydroxyl groups is 1. The van der Waals surface area contributed by atoms with Crippen LogP contribution in [0.25, 0.3) is 5.32 Å². The quantitative estimate of drug-likeness (QED) is 0.130. The van der Waals surface area contributed by atoms with Gasteiger partial charge in [0.25, 0.3) is 0 Å². The van der Waals surface area contributed by atoms with E-state index in [0.29, 0.717) is 24.9 Å². The number of nitrogens with two attached hydrogens (primary N) is 1. The van der Waals surface area contributed by atoms with E-state index >= 15 is 0 Å². The Morgan fingerprint density at radius 1 is 1.08 bits per heavy atom. The Balaban J connectivity index is -0.0000000493. The number of rotatable bonds is 13. The number of carbonyl (C=O) groups excluding carboxylic acids is 2. The fourth-order valence-electron chi connectivity index (χ4n) is 2.48. The van der Waals surface area contributed by atoms with E-state index in [-0.39, 0.29) is 92.1 Å². The van der Waals surface area contributed by atoms with E-state index in [1.807, 2.05) is 41.3 Å². The molecular formula is C28H67N4O3Y2-3. The van der Waals surface area contributed by atoms with Gasteiger partial charge >= 0.3 is 0 Å². The van der Waals surface area contributed by atoms with Gasteiger partial charge < -0.3 is 44.5 Å². The maximum atomic E-state index is 11.2. The molecular weight excluding hydrogens is 618 g/mol. The molecule has 0 aliphatic rings. The van der Waals surface area contributed by atoms with Crippen molar-refractivity contribution in [2.75, 3.05) is 47.4 Å². The van der Waals surface area contributed by atoms with Crippen molar-refractivity contribution in [2.45, 2.75) is 101 Å². The standard InChI is InChI=1S/C14H30N3O.C5H12O.C3H7.C2H7N.C2H3O.2CH4.2Y/c1-5-12(14(15)18)9-11-17(4)13(6-2)8-10-16-7-3;1-5(2)3-4-6;2*1-3-2;1-2-3;;;;/h12-13H,5-11H2,1-4H3,(H2,15,18);5-6H,3-4H2,1-2H3;2*3H,1-2H3;2H,1H2;2*1H4;;/q-1;;-1;;-1;;;;. The molecule has 226 valence electrons. The summed E-state index contributed by atoms with van der Waals surface area (Å²) in [5.74, 6) is 0.500. The summed E-state index contributed by atoms with van der Waals surface area (Å²) in [7, 11) is 5.88. The Morgan fingerprint density at radius 2 is 1.49 bits per heavy atom. The van der Waals surface area contributed by atoms with Crippen LogP contribution in [-0.2, 0) is 75.0 Å². The summed E-state index contributed by atoms with van der Waals surface area (Å²) in [6.07, 6.45) is 7.37. The van der Waals surface area contributed by atoms with Crippen LogP contribution in [0.15, 0.2) is 0 Å². The van der Waals surface area contributed by atoms with Gasteiger partial charge in [-0.1, -0.05) is 55.9 Å². The molecule has 0 rings (SSSR count).